The van der Waals surface area contributed by atoms with Crippen LogP contribution in [0, 0.1) is 23.5 Å². The second-order valence-corrected chi connectivity index (χ2v) is 8.50. The van der Waals surface area contributed by atoms with Gasteiger partial charge < -0.3 is 19.4 Å². The quantitative estimate of drug-likeness (QED) is 0.719. The third-order valence-electron chi connectivity index (χ3n) is 6.43. The number of hydrogen-bond acceptors (Lipinski definition) is 4. The Morgan fingerprint density at radius 2 is 1.74 bits per heavy atom. The summed E-state index contributed by atoms with van der Waals surface area (Å²) in [5.41, 5.74) is -0.126. The van der Waals surface area contributed by atoms with E-state index in [0.29, 0.717) is 71.4 Å². The number of hydrogen-bond donors (Lipinski definition) is 0. The van der Waals surface area contributed by atoms with Crippen LogP contribution in [0.3, 0.4) is 0 Å². The summed E-state index contributed by atoms with van der Waals surface area (Å²) in [6.45, 7) is 4.14. The van der Waals surface area contributed by atoms with Crippen molar-refractivity contribution in [2.45, 2.75) is 19.3 Å². The van der Waals surface area contributed by atoms with Crippen molar-refractivity contribution in [2.75, 3.05) is 52.5 Å². The van der Waals surface area contributed by atoms with Gasteiger partial charge in [-0.05, 0) is 30.9 Å². The van der Waals surface area contributed by atoms with E-state index < -0.39 is 17.5 Å². The molecular weight excluding hydrogens is 408 g/mol. The maximum atomic E-state index is 13.9. The summed E-state index contributed by atoms with van der Waals surface area (Å²) in [7, 11) is 0. The molecule has 168 valence electrons. The smallest absolute Gasteiger partial charge is 0.256 e. The summed E-state index contributed by atoms with van der Waals surface area (Å²) in [5.74, 6) is -2.06. The lowest BCUT2D eigenvalue weighted by molar-refractivity contribution is -0.139. The highest BCUT2D eigenvalue weighted by Crippen LogP contribution is 2.26. The third-order valence-corrected chi connectivity index (χ3v) is 6.43. The Morgan fingerprint density at radius 1 is 1.03 bits per heavy atom. The number of carbonyl (C=O) groups excluding carboxylic acids is 3. The number of piperidine rings is 1. The lowest BCUT2D eigenvalue weighted by Gasteiger charge is -2.34. The number of benzene rings is 1. The Bertz CT molecular complexity index is 851. The molecule has 0 radical (unpaired) electrons. The first-order valence-corrected chi connectivity index (χ1v) is 10.8. The van der Waals surface area contributed by atoms with Gasteiger partial charge in [0, 0.05) is 51.8 Å². The highest BCUT2D eigenvalue weighted by Gasteiger charge is 2.38. The Hall–Kier alpha value is -2.55. The van der Waals surface area contributed by atoms with Crippen LogP contribution in [-0.2, 0) is 14.3 Å². The number of carbonyl (C=O) groups is 3. The number of nitrogens with zero attached hydrogens (tertiary/aromatic N) is 3. The van der Waals surface area contributed by atoms with Gasteiger partial charge in [-0.2, -0.15) is 0 Å². The molecule has 3 heterocycles. The number of ether oxygens (including phenoxy) is 1. The van der Waals surface area contributed by atoms with E-state index >= 15 is 0 Å². The average molecular weight is 435 g/mol. The second-order valence-electron chi connectivity index (χ2n) is 8.50. The Kier molecular flexibility index (Phi) is 6.50. The fourth-order valence-electron chi connectivity index (χ4n) is 4.62. The van der Waals surface area contributed by atoms with Crippen molar-refractivity contribution in [3.05, 3.63) is 35.4 Å². The normalized spacial score (nSPS) is 22.8. The number of amides is 3. The molecule has 1 aromatic carbocycles. The number of rotatable bonds is 4. The fourth-order valence-corrected chi connectivity index (χ4v) is 4.62. The molecule has 1 atom stereocenters. The van der Waals surface area contributed by atoms with Gasteiger partial charge in [0.25, 0.3) is 5.91 Å². The van der Waals surface area contributed by atoms with Crippen molar-refractivity contribution in [3.63, 3.8) is 0 Å². The summed E-state index contributed by atoms with van der Waals surface area (Å²) >= 11 is 0. The molecule has 3 saturated heterocycles. The van der Waals surface area contributed by atoms with Crippen LogP contribution >= 0.6 is 0 Å². The van der Waals surface area contributed by atoms with Gasteiger partial charge in [-0.25, -0.2) is 8.78 Å². The molecule has 0 N–H and O–H groups in total. The van der Waals surface area contributed by atoms with Crippen molar-refractivity contribution < 1.29 is 27.9 Å². The summed E-state index contributed by atoms with van der Waals surface area (Å²) in [5, 5.41) is 0. The number of morpholine rings is 1. The fraction of sp³-hybridized carbons (Fsp3) is 0.591. The van der Waals surface area contributed by atoms with Crippen LogP contribution in [0.1, 0.15) is 29.6 Å². The second kappa shape index (κ2) is 9.30. The van der Waals surface area contributed by atoms with E-state index in [9.17, 15) is 23.2 Å². The van der Waals surface area contributed by atoms with E-state index in [1.54, 1.807) is 14.7 Å². The molecule has 4 rings (SSSR count). The van der Waals surface area contributed by atoms with Gasteiger partial charge in [0.05, 0.1) is 24.7 Å². The first-order chi connectivity index (χ1) is 14.9. The predicted octanol–water partition coefficient (Wildman–Crippen LogP) is 1.52. The molecular formula is C22H27F2N3O4. The van der Waals surface area contributed by atoms with Crippen molar-refractivity contribution >= 4 is 17.7 Å². The number of likely N-dealkylation sites (tertiary alicyclic amines) is 2. The minimum Gasteiger partial charge on any atom is -0.378 e. The van der Waals surface area contributed by atoms with Gasteiger partial charge in [0.15, 0.2) is 0 Å². The average Bonchev–Trinajstić information content (AvgIpc) is 3.14. The molecule has 0 saturated carbocycles. The van der Waals surface area contributed by atoms with Crippen LogP contribution < -0.4 is 0 Å². The van der Waals surface area contributed by atoms with E-state index in [4.69, 9.17) is 4.74 Å². The van der Waals surface area contributed by atoms with E-state index in [1.807, 2.05) is 0 Å². The monoisotopic (exact) mass is 435 g/mol. The highest BCUT2D eigenvalue weighted by molar-refractivity contribution is 5.94. The lowest BCUT2D eigenvalue weighted by atomic mass is 9.95. The first-order valence-electron chi connectivity index (χ1n) is 10.8. The van der Waals surface area contributed by atoms with Crippen LogP contribution in [0.5, 0.6) is 0 Å². The van der Waals surface area contributed by atoms with E-state index in [2.05, 4.69) is 0 Å². The van der Waals surface area contributed by atoms with Crippen molar-refractivity contribution in [1.29, 1.82) is 0 Å². The molecule has 3 aliphatic rings. The third kappa shape index (κ3) is 4.87. The summed E-state index contributed by atoms with van der Waals surface area (Å²) < 4.78 is 32.3. The molecule has 3 aliphatic heterocycles. The molecule has 0 spiro atoms. The molecule has 0 bridgehead atoms. The van der Waals surface area contributed by atoms with Gasteiger partial charge in [-0.1, -0.05) is 0 Å². The Balaban J connectivity index is 1.27. The Morgan fingerprint density at radius 3 is 2.42 bits per heavy atom. The zero-order valence-corrected chi connectivity index (χ0v) is 17.4. The number of halogens is 2. The van der Waals surface area contributed by atoms with E-state index in [-0.39, 0.29) is 35.6 Å². The van der Waals surface area contributed by atoms with Crippen LogP contribution in [0.25, 0.3) is 0 Å². The molecule has 1 unspecified atom stereocenters. The zero-order valence-electron chi connectivity index (χ0n) is 17.4. The van der Waals surface area contributed by atoms with Crippen LogP contribution in [0.15, 0.2) is 18.2 Å². The van der Waals surface area contributed by atoms with Gasteiger partial charge in [0.1, 0.15) is 11.6 Å². The van der Waals surface area contributed by atoms with Crippen molar-refractivity contribution in [2.24, 2.45) is 11.8 Å². The maximum Gasteiger partial charge on any atom is 0.256 e. The molecule has 3 fully saturated rings. The molecule has 0 aromatic heterocycles. The topological polar surface area (TPSA) is 70.2 Å². The van der Waals surface area contributed by atoms with E-state index in [1.165, 1.54) is 6.07 Å². The molecule has 9 heteroatoms. The molecule has 7 nitrogen and oxygen atoms in total. The van der Waals surface area contributed by atoms with Gasteiger partial charge in [0.2, 0.25) is 11.8 Å². The van der Waals surface area contributed by atoms with Gasteiger partial charge >= 0.3 is 0 Å². The van der Waals surface area contributed by atoms with Crippen LogP contribution in [0.2, 0.25) is 0 Å². The van der Waals surface area contributed by atoms with Crippen molar-refractivity contribution in [3.8, 4) is 0 Å². The molecule has 31 heavy (non-hydrogen) atoms. The summed E-state index contributed by atoms with van der Waals surface area (Å²) in [6, 6.07) is 2.97. The van der Waals surface area contributed by atoms with Crippen LogP contribution in [0.4, 0.5) is 8.78 Å². The molecule has 3 amide bonds. The SMILES string of the molecule is O=C1CC(C(=O)N2CCOCC2)CN1CC1CCN(C(=O)c2ccc(F)cc2F)CC1. The standard InChI is InChI=1S/C22H27F2N3O4/c23-17-1-2-18(19(24)12-17)22(30)25-5-3-15(4-6-25)13-27-14-16(11-20(27)28)21(29)26-7-9-31-10-8-26/h1-2,12,15-16H,3-11,13-14H2. The zero-order chi connectivity index (χ0) is 22.0. The molecule has 1 aromatic rings. The largest absolute Gasteiger partial charge is 0.378 e. The van der Waals surface area contributed by atoms with E-state index in [0.717, 1.165) is 6.07 Å². The minimum atomic E-state index is -0.856. The van der Waals surface area contributed by atoms with Crippen molar-refractivity contribution in [1.82, 2.24) is 14.7 Å². The maximum absolute atomic E-state index is 13.9. The summed E-state index contributed by atoms with van der Waals surface area (Å²) in [6.07, 6.45) is 1.64. The van der Waals surface area contributed by atoms with Gasteiger partial charge in [-0.15, -0.1) is 0 Å². The minimum absolute atomic E-state index is 0.00139. The Labute approximate surface area is 179 Å². The summed E-state index contributed by atoms with van der Waals surface area (Å²) in [4.78, 5) is 42.8. The van der Waals surface area contributed by atoms with Crippen LogP contribution in [-0.4, -0.2) is 84.9 Å². The van der Waals surface area contributed by atoms with Gasteiger partial charge in [-0.3, -0.25) is 14.4 Å². The molecule has 0 aliphatic carbocycles. The predicted molar refractivity (Wildman–Crippen MR) is 107 cm³/mol. The highest BCUT2D eigenvalue weighted by atomic mass is 19.1. The lowest BCUT2D eigenvalue weighted by Crippen LogP contribution is -2.45. The first kappa shape index (κ1) is 21.7.